The molecule has 2 rings (SSSR count). The topological polar surface area (TPSA) is 64.7 Å². The minimum absolute atomic E-state index is 0.000370. The summed E-state index contributed by atoms with van der Waals surface area (Å²) in [5.74, 6) is -0.117. The Morgan fingerprint density at radius 2 is 2.21 bits per heavy atom. The first-order chi connectivity index (χ1) is 8.97. The van der Waals surface area contributed by atoms with E-state index >= 15 is 0 Å². The number of carbonyl (C=O) groups excluding carboxylic acids is 1. The average molecular weight is 261 g/mol. The van der Waals surface area contributed by atoms with Gasteiger partial charge in [0.05, 0.1) is 12.2 Å². The molecule has 6 nitrogen and oxygen atoms in total. The third-order valence-electron chi connectivity index (χ3n) is 2.98. The minimum Gasteiger partial charge on any atom is -0.346 e. The predicted molar refractivity (Wildman–Crippen MR) is 71.8 cm³/mol. The average Bonchev–Trinajstić information content (AvgIpc) is 2.85. The van der Waals surface area contributed by atoms with Crippen molar-refractivity contribution < 1.29 is 4.79 Å². The van der Waals surface area contributed by atoms with E-state index in [1.165, 1.54) is 0 Å². The Bertz CT molecular complexity index is 584. The summed E-state index contributed by atoms with van der Waals surface area (Å²) < 4.78 is 3.47. The van der Waals surface area contributed by atoms with E-state index in [2.05, 4.69) is 15.5 Å². The molecule has 1 unspecified atom stereocenters. The molecule has 1 N–H and O–H groups in total. The van der Waals surface area contributed by atoms with E-state index in [-0.39, 0.29) is 11.9 Å². The van der Waals surface area contributed by atoms with Crippen LogP contribution in [0.15, 0.2) is 18.3 Å². The quantitative estimate of drug-likeness (QED) is 0.894. The van der Waals surface area contributed by atoms with Crippen LogP contribution in [0, 0.1) is 13.8 Å². The second-order valence-corrected chi connectivity index (χ2v) is 4.82. The van der Waals surface area contributed by atoms with Crippen molar-refractivity contribution in [1.29, 1.82) is 0 Å². The molecule has 0 radical (unpaired) electrons. The zero-order valence-corrected chi connectivity index (χ0v) is 11.7. The number of amides is 1. The summed E-state index contributed by atoms with van der Waals surface area (Å²) in [5, 5.41) is 11.3. The fourth-order valence-electron chi connectivity index (χ4n) is 2.06. The molecule has 0 saturated heterocycles. The Balaban J connectivity index is 1.98. The summed E-state index contributed by atoms with van der Waals surface area (Å²) >= 11 is 0. The number of nitrogens with zero attached hydrogens (tertiary/aromatic N) is 4. The van der Waals surface area contributed by atoms with E-state index in [9.17, 15) is 4.79 Å². The Kier molecular flexibility index (Phi) is 3.69. The highest BCUT2D eigenvalue weighted by Crippen LogP contribution is 2.04. The molecule has 0 aromatic carbocycles. The molecule has 2 heterocycles. The van der Waals surface area contributed by atoms with E-state index in [4.69, 9.17) is 0 Å². The standard InChI is InChI=1S/C13H19N5O/c1-9-7-11(3)18(16-9)8-10(2)15-13(19)12-5-6-14-17(12)4/h5-7,10H,8H2,1-4H3,(H,15,19). The van der Waals surface area contributed by atoms with Gasteiger partial charge < -0.3 is 5.32 Å². The highest BCUT2D eigenvalue weighted by atomic mass is 16.2. The first kappa shape index (κ1) is 13.3. The van der Waals surface area contributed by atoms with Crippen LogP contribution in [0.5, 0.6) is 0 Å². The maximum absolute atomic E-state index is 12.0. The van der Waals surface area contributed by atoms with E-state index in [1.54, 1.807) is 24.0 Å². The zero-order valence-electron chi connectivity index (χ0n) is 11.7. The molecule has 102 valence electrons. The number of aromatic nitrogens is 4. The predicted octanol–water partition coefficient (Wildman–Crippen LogP) is 1.05. The van der Waals surface area contributed by atoms with Crippen molar-refractivity contribution in [2.24, 2.45) is 7.05 Å². The van der Waals surface area contributed by atoms with Crippen LogP contribution in [0.1, 0.15) is 28.8 Å². The number of carbonyl (C=O) groups is 1. The van der Waals surface area contributed by atoms with E-state index in [1.807, 2.05) is 31.5 Å². The van der Waals surface area contributed by atoms with Gasteiger partial charge in [0.2, 0.25) is 0 Å². The highest BCUT2D eigenvalue weighted by molar-refractivity contribution is 5.92. The van der Waals surface area contributed by atoms with E-state index in [0.29, 0.717) is 12.2 Å². The molecule has 2 aromatic heterocycles. The monoisotopic (exact) mass is 261 g/mol. The van der Waals surface area contributed by atoms with Gasteiger partial charge >= 0.3 is 0 Å². The van der Waals surface area contributed by atoms with Crippen molar-refractivity contribution >= 4 is 5.91 Å². The maximum atomic E-state index is 12.0. The van der Waals surface area contributed by atoms with Gasteiger partial charge in [0.25, 0.3) is 5.91 Å². The number of hydrogen-bond donors (Lipinski definition) is 1. The van der Waals surface area contributed by atoms with E-state index in [0.717, 1.165) is 11.4 Å². The molecule has 0 aliphatic carbocycles. The number of nitrogens with one attached hydrogen (secondary N) is 1. The molecule has 19 heavy (non-hydrogen) atoms. The van der Waals surface area contributed by atoms with Crippen molar-refractivity contribution in [2.75, 3.05) is 0 Å². The molecule has 0 fully saturated rings. The molecule has 6 heteroatoms. The first-order valence-electron chi connectivity index (χ1n) is 6.27. The fourth-order valence-corrected chi connectivity index (χ4v) is 2.06. The molecule has 0 spiro atoms. The summed E-state index contributed by atoms with van der Waals surface area (Å²) in [7, 11) is 1.75. The summed E-state index contributed by atoms with van der Waals surface area (Å²) in [6.07, 6.45) is 1.61. The van der Waals surface area contributed by atoms with Crippen LogP contribution < -0.4 is 5.32 Å². The molecule has 0 bridgehead atoms. The highest BCUT2D eigenvalue weighted by Gasteiger charge is 2.14. The Morgan fingerprint density at radius 3 is 2.74 bits per heavy atom. The molecular weight excluding hydrogens is 242 g/mol. The van der Waals surface area contributed by atoms with Gasteiger partial charge in [-0.1, -0.05) is 0 Å². The van der Waals surface area contributed by atoms with E-state index < -0.39 is 0 Å². The third kappa shape index (κ3) is 3.01. The van der Waals surface area contributed by atoms with Gasteiger partial charge in [0.1, 0.15) is 5.69 Å². The lowest BCUT2D eigenvalue weighted by Crippen LogP contribution is -2.37. The second kappa shape index (κ2) is 5.26. The largest absolute Gasteiger partial charge is 0.346 e. The second-order valence-electron chi connectivity index (χ2n) is 4.82. The number of hydrogen-bond acceptors (Lipinski definition) is 3. The molecular formula is C13H19N5O. The summed E-state index contributed by atoms with van der Waals surface area (Å²) in [4.78, 5) is 12.0. The first-order valence-corrected chi connectivity index (χ1v) is 6.27. The van der Waals surface area contributed by atoms with Gasteiger partial charge in [-0.2, -0.15) is 10.2 Å². The lowest BCUT2D eigenvalue weighted by molar-refractivity contribution is 0.0926. The van der Waals surface area contributed by atoms with Gasteiger partial charge in [-0.25, -0.2) is 0 Å². The molecule has 1 atom stereocenters. The normalized spacial score (nSPS) is 12.4. The Hall–Kier alpha value is -2.11. The smallest absolute Gasteiger partial charge is 0.269 e. The third-order valence-corrected chi connectivity index (χ3v) is 2.98. The van der Waals surface area contributed by atoms with Crippen molar-refractivity contribution in [2.45, 2.75) is 33.4 Å². The van der Waals surface area contributed by atoms with Crippen LogP contribution in [0.4, 0.5) is 0 Å². The summed E-state index contributed by atoms with van der Waals surface area (Å²) in [6.45, 7) is 6.59. The summed E-state index contributed by atoms with van der Waals surface area (Å²) in [5.41, 5.74) is 2.64. The van der Waals surface area contributed by atoms with Crippen molar-refractivity contribution in [1.82, 2.24) is 24.9 Å². The van der Waals surface area contributed by atoms with Crippen LogP contribution in [-0.2, 0) is 13.6 Å². The Labute approximate surface area is 112 Å². The number of rotatable bonds is 4. The van der Waals surface area contributed by atoms with Gasteiger partial charge in [-0.15, -0.1) is 0 Å². The zero-order chi connectivity index (χ0) is 14.0. The van der Waals surface area contributed by atoms with Crippen molar-refractivity contribution in [3.63, 3.8) is 0 Å². The molecule has 0 aliphatic heterocycles. The van der Waals surface area contributed by atoms with Gasteiger partial charge in [-0.3, -0.25) is 14.2 Å². The van der Waals surface area contributed by atoms with Crippen molar-refractivity contribution in [3.8, 4) is 0 Å². The van der Waals surface area contributed by atoms with Crippen LogP contribution >= 0.6 is 0 Å². The van der Waals surface area contributed by atoms with Gasteiger partial charge in [-0.05, 0) is 32.9 Å². The molecule has 0 aliphatic rings. The van der Waals surface area contributed by atoms with Crippen LogP contribution in [-0.4, -0.2) is 31.5 Å². The minimum atomic E-state index is -0.117. The molecule has 2 aromatic rings. The summed E-state index contributed by atoms with van der Waals surface area (Å²) in [6, 6.07) is 3.72. The SMILES string of the molecule is Cc1cc(C)n(CC(C)NC(=O)c2ccnn2C)n1. The van der Waals surface area contributed by atoms with Crippen LogP contribution in [0.25, 0.3) is 0 Å². The molecule has 0 saturated carbocycles. The number of aryl methyl sites for hydroxylation is 3. The lowest BCUT2D eigenvalue weighted by atomic mass is 10.3. The van der Waals surface area contributed by atoms with Gasteiger partial charge in [0.15, 0.2) is 0 Å². The fraction of sp³-hybridized carbons (Fsp3) is 0.462. The lowest BCUT2D eigenvalue weighted by Gasteiger charge is -2.15. The van der Waals surface area contributed by atoms with Crippen LogP contribution in [0.3, 0.4) is 0 Å². The Morgan fingerprint density at radius 1 is 1.47 bits per heavy atom. The molecule has 1 amide bonds. The van der Waals surface area contributed by atoms with Crippen molar-refractivity contribution in [3.05, 3.63) is 35.4 Å². The van der Waals surface area contributed by atoms with Gasteiger partial charge in [0, 0.05) is 25.0 Å². The maximum Gasteiger partial charge on any atom is 0.269 e. The van der Waals surface area contributed by atoms with Crippen LogP contribution in [0.2, 0.25) is 0 Å².